The van der Waals surface area contributed by atoms with E-state index >= 15 is 0 Å². The summed E-state index contributed by atoms with van der Waals surface area (Å²) in [5.74, 6) is 0. The molecule has 0 aromatic heterocycles. The Morgan fingerprint density at radius 3 is 1.67 bits per heavy atom. The van der Waals surface area contributed by atoms with E-state index in [2.05, 4.69) is 157 Å². The number of hydrogen-bond acceptors (Lipinski definition) is 1. The zero-order chi connectivity index (χ0) is 34.2. The molecule has 4 aliphatic carbocycles. The van der Waals surface area contributed by atoms with Gasteiger partial charge in [0.05, 0.1) is 11.1 Å². The zero-order valence-electron chi connectivity index (χ0n) is 29.5. The summed E-state index contributed by atoms with van der Waals surface area (Å²) in [7, 11) is 0. The number of aryl methyl sites for hydroxylation is 3. The number of benzene rings is 7. The molecule has 0 aliphatic heterocycles. The van der Waals surface area contributed by atoms with Gasteiger partial charge in [0.2, 0.25) is 0 Å². The lowest BCUT2D eigenvalue weighted by Crippen LogP contribution is -2.26. The summed E-state index contributed by atoms with van der Waals surface area (Å²) in [5.41, 5.74) is 23.0. The smallest absolute Gasteiger partial charge is 0.0726 e. The molecular formula is C51H41N. The van der Waals surface area contributed by atoms with E-state index in [4.69, 9.17) is 0 Å². The van der Waals surface area contributed by atoms with Crippen LogP contribution < -0.4 is 4.90 Å². The van der Waals surface area contributed by atoms with Gasteiger partial charge in [0.25, 0.3) is 0 Å². The summed E-state index contributed by atoms with van der Waals surface area (Å²) >= 11 is 0. The molecule has 0 saturated carbocycles. The number of rotatable bonds is 4. The number of para-hydroxylation sites is 1. The highest BCUT2D eigenvalue weighted by Gasteiger charge is 2.52. The van der Waals surface area contributed by atoms with Crippen molar-refractivity contribution in [2.24, 2.45) is 0 Å². The Bertz CT molecular complexity index is 2490. The van der Waals surface area contributed by atoms with Crippen molar-refractivity contribution in [1.29, 1.82) is 0 Å². The summed E-state index contributed by atoms with van der Waals surface area (Å²) in [5, 5.41) is 0. The quantitative estimate of drug-likeness (QED) is 0.181. The monoisotopic (exact) mass is 667 g/mol. The highest BCUT2D eigenvalue weighted by atomic mass is 15.1. The average Bonchev–Trinajstić information content (AvgIpc) is 3.68. The maximum absolute atomic E-state index is 2.61. The first-order valence-electron chi connectivity index (χ1n) is 19.4. The summed E-state index contributed by atoms with van der Waals surface area (Å²) in [4.78, 5) is 2.61. The second-order valence-corrected chi connectivity index (χ2v) is 15.3. The van der Waals surface area contributed by atoms with Crippen molar-refractivity contribution in [1.82, 2.24) is 0 Å². The Kier molecular flexibility index (Phi) is 6.74. The van der Waals surface area contributed by atoms with Crippen LogP contribution >= 0.6 is 0 Å². The predicted octanol–water partition coefficient (Wildman–Crippen LogP) is 12.9. The summed E-state index contributed by atoms with van der Waals surface area (Å²) < 4.78 is 0. The molecule has 1 spiro atoms. The lowest BCUT2D eigenvalue weighted by molar-refractivity contribution is 0.685. The molecule has 7 aromatic rings. The molecule has 250 valence electrons. The van der Waals surface area contributed by atoms with Crippen LogP contribution in [0.25, 0.3) is 33.4 Å². The van der Waals surface area contributed by atoms with Gasteiger partial charge in [-0.05, 0) is 154 Å². The Balaban J connectivity index is 1.27. The van der Waals surface area contributed by atoms with Crippen molar-refractivity contribution in [2.75, 3.05) is 4.90 Å². The minimum Gasteiger partial charge on any atom is -0.310 e. The first kappa shape index (κ1) is 30.0. The molecule has 0 atom stereocenters. The number of fused-ring (bicyclic) bond motifs is 12. The Morgan fingerprint density at radius 2 is 0.962 bits per heavy atom. The maximum atomic E-state index is 2.61. The molecule has 0 amide bonds. The number of nitrogens with zero attached hydrogens (tertiary/aromatic N) is 1. The standard InChI is InChI=1S/C51H41N/c1-2-19-38(20-3-1)52(49-28-14-18-35-16-6-7-21-39(35)49)50-33-48-44(32-43(50)37-30-29-34-15-4-5-17-36(34)31-37)42-24-10-13-27-47(42)51(48)45-25-11-8-22-40(45)41-23-9-12-26-46(41)51/h1-3,8-14,18-20,22-33H,4-7,15-17,21H2. The van der Waals surface area contributed by atoms with E-state index in [0.717, 1.165) is 19.3 Å². The van der Waals surface area contributed by atoms with Crippen molar-refractivity contribution in [3.8, 4) is 33.4 Å². The molecule has 0 fully saturated rings. The van der Waals surface area contributed by atoms with Gasteiger partial charge in [-0.3, -0.25) is 0 Å². The second-order valence-electron chi connectivity index (χ2n) is 15.3. The first-order valence-corrected chi connectivity index (χ1v) is 19.4. The van der Waals surface area contributed by atoms with E-state index in [-0.39, 0.29) is 0 Å². The van der Waals surface area contributed by atoms with Gasteiger partial charge in [-0.25, -0.2) is 0 Å². The normalized spacial score (nSPS) is 15.6. The van der Waals surface area contributed by atoms with Crippen LogP contribution in [0.3, 0.4) is 0 Å². The highest BCUT2D eigenvalue weighted by Crippen LogP contribution is 2.64. The molecule has 0 N–H and O–H groups in total. The minimum atomic E-state index is -0.402. The molecule has 1 heteroatoms. The lowest BCUT2D eigenvalue weighted by atomic mass is 9.70. The Morgan fingerprint density at radius 1 is 0.365 bits per heavy atom. The fourth-order valence-corrected chi connectivity index (χ4v) is 10.4. The van der Waals surface area contributed by atoms with Crippen LogP contribution in [0.2, 0.25) is 0 Å². The largest absolute Gasteiger partial charge is 0.310 e. The second kappa shape index (κ2) is 11.7. The Labute approximate surface area is 307 Å². The summed E-state index contributed by atoms with van der Waals surface area (Å²) in [6.07, 6.45) is 9.68. The third-order valence-corrected chi connectivity index (χ3v) is 12.6. The minimum absolute atomic E-state index is 0.402. The average molecular weight is 668 g/mol. The van der Waals surface area contributed by atoms with Gasteiger partial charge in [0.1, 0.15) is 0 Å². The van der Waals surface area contributed by atoms with Crippen LogP contribution in [0, 0.1) is 0 Å². The molecule has 11 rings (SSSR count). The molecule has 0 heterocycles. The van der Waals surface area contributed by atoms with Gasteiger partial charge >= 0.3 is 0 Å². The molecule has 52 heavy (non-hydrogen) atoms. The van der Waals surface area contributed by atoms with Crippen molar-refractivity contribution in [3.63, 3.8) is 0 Å². The Hall–Kier alpha value is -5.66. The van der Waals surface area contributed by atoms with E-state index in [1.165, 1.54) is 127 Å². The topological polar surface area (TPSA) is 3.24 Å². The number of anilines is 3. The van der Waals surface area contributed by atoms with Gasteiger partial charge in [0.15, 0.2) is 0 Å². The summed E-state index contributed by atoms with van der Waals surface area (Å²) in [6, 6.07) is 58.3. The van der Waals surface area contributed by atoms with Crippen molar-refractivity contribution in [2.45, 2.75) is 56.8 Å². The molecule has 7 aromatic carbocycles. The van der Waals surface area contributed by atoms with Crippen LogP contribution in [-0.4, -0.2) is 0 Å². The van der Waals surface area contributed by atoms with E-state index < -0.39 is 5.41 Å². The predicted molar refractivity (Wildman–Crippen MR) is 216 cm³/mol. The van der Waals surface area contributed by atoms with Gasteiger partial charge in [0, 0.05) is 16.9 Å². The molecular weight excluding hydrogens is 627 g/mol. The van der Waals surface area contributed by atoms with E-state index in [0.29, 0.717) is 0 Å². The van der Waals surface area contributed by atoms with Gasteiger partial charge in [-0.15, -0.1) is 0 Å². The van der Waals surface area contributed by atoms with Crippen LogP contribution in [-0.2, 0) is 31.1 Å². The van der Waals surface area contributed by atoms with Crippen LogP contribution in [0.1, 0.15) is 70.2 Å². The van der Waals surface area contributed by atoms with Gasteiger partial charge in [-0.2, -0.15) is 0 Å². The maximum Gasteiger partial charge on any atom is 0.0726 e. The molecule has 4 aliphatic rings. The fraction of sp³-hybridized carbons (Fsp3) is 0.176. The summed E-state index contributed by atoms with van der Waals surface area (Å²) in [6.45, 7) is 0. The zero-order valence-corrected chi connectivity index (χ0v) is 29.5. The van der Waals surface area contributed by atoms with Crippen LogP contribution in [0.5, 0.6) is 0 Å². The van der Waals surface area contributed by atoms with Crippen LogP contribution in [0.15, 0.2) is 152 Å². The number of hydrogen-bond donors (Lipinski definition) is 0. The lowest BCUT2D eigenvalue weighted by Gasteiger charge is -2.35. The van der Waals surface area contributed by atoms with E-state index in [1.54, 1.807) is 0 Å². The van der Waals surface area contributed by atoms with Gasteiger partial charge < -0.3 is 4.90 Å². The SMILES string of the molecule is c1ccc(N(c2cc3c(cc2-c2ccc4c(c2)CCCC4)-c2ccccc2C32c3ccccc3-c3ccccc32)c2cccc3c2CCCC3)cc1. The third kappa shape index (κ3) is 4.23. The van der Waals surface area contributed by atoms with E-state index in [9.17, 15) is 0 Å². The van der Waals surface area contributed by atoms with Crippen molar-refractivity contribution in [3.05, 3.63) is 196 Å². The van der Waals surface area contributed by atoms with Gasteiger partial charge in [-0.1, -0.05) is 121 Å². The molecule has 1 nitrogen and oxygen atoms in total. The molecule has 0 bridgehead atoms. The molecule has 0 unspecified atom stereocenters. The third-order valence-electron chi connectivity index (χ3n) is 12.6. The highest BCUT2D eigenvalue weighted by molar-refractivity contribution is 6.00. The molecule has 0 saturated heterocycles. The van der Waals surface area contributed by atoms with Crippen molar-refractivity contribution >= 4 is 17.1 Å². The van der Waals surface area contributed by atoms with E-state index in [1.807, 2.05) is 0 Å². The fourth-order valence-electron chi connectivity index (χ4n) is 10.4. The van der Waals surface area contributed by atoms with Crippen molar-refractivity contribution < 1.29 is 0 Å². The first-order chi connectivity index (χ1) is 25.8. The molecule has 0 radical (unpaired) electrons. The van der Waals surface area contributed by atoms with Crippen LogP contribution in [0.4, 0.5) is 17.1 Å².